The molecular weight excluding hydrogens is 375 g/mol. The maximum atomic E-state index is 12.6. The van der Waals surface area contributed by atoms with Gasteiger partial charge < -0.3 is 15.4 Å². The topological polar surface area (TPSA) is 82.2 Å². The van der Waals surface area contributed by atoms with E-state index in [-0.39, 0.29) is 22.0 Å². The van der Waals surface area contributed by atoms with Crippen LogP contribution in [0.15, 0.2) is 42.5 Å². The number of fused-ring (bicyclic) bond motifs is 1. The van der Waals surface area contributed by atoms with Crippen LogP contribution >= 0.6 is 23.2 Å². The molecule has 1 aromatic heterocycles. The quantitative estimate of drug-likeness (QED) is 0.595. The molecule has 3 aromatic rings. The average Bonchev–Trinajstić information content (AvgIpc) is 2.93. The fourth-order valence-electron chi connectivity index (χ4n) is 2.99. The van der Waals surface area contributed by atoms with Gasteiger partial charge in [0.2, 0.25) is 0 Å². The molecule has 0 saturated heterocycles. The van der Waals surface area contributed by atoms with Crippen LogP contribution in [0, 0.1) is 0 Å². The smallest absolute Gasteiger partial charge is 0.307 e. The summed E-state index contributed by atoms with van der Waals surface area (Å²) in [7, 11) is 0. The second kappa shape index (κ2) is 7.40. The third-order valence-electron chi connectivity index (χ3n) is 4.15. The molecule has 0 fully saturated rings. The molecule has 5 nitrogen and oxygen atoms in total. The van der Waals surface area contributed by atoms with Crippen molar-refractivity contribution in [3.05, 3.63) is 69.3 Å². The highest BCUT2D eigenvalue weighted by molar-refractivity contribution is 6.39. The molecule has 26 heavy (non-hydrogen) atoms. The van der Waals surface area contributed by atoms with E-state index in [0.717, 1.165) is 10.9 Å². The van der Waals surface area contributed by atoms with Crippen LogP contribution in [0.25, 0.3) is 10.9 Å². The molecule has 0 aliphatic carbocycles. The van der Waals surface area contributed by atoms with Gasteiger partial charge in [-0.2, -0.15) is 0 Å². The summed E-state index contributed by atoms with van der Waals surface area (Å²) in [6.07, 6.45) is -0.146. The van der Waals surface area contributed by atoms with Crippen molar-refractivity contribution in [1.82, 2.24) is 10.3 Å². The number of hydrogen-bond acceptors (Lipinski definition) is 2. The Kier molecular flexibility index (Phi) is 5.20. The zero-order valence-corrected chi connectivity index (χ0v) is 15.4. The van der Waals surface area contributed by atoms with Gasteiger partial charge in [-0.3, -0.25) is 9.59 Å². The van der Waals surface area contributed by atoms with Crippen molar-refractivity contribution in [2.75, 3.05) is 0 Å². The molecule has 1 amide bonds. The van der Waals surface area contributed by atoms with Crippen LogP contribution in [0.2, 0.25) is 10.0 Å². The minimum absolute atomic E-state index is 0.146. The second-order valence-electron chi connectivity index (χ2n) is 5.93. The van der Waals surface area contributed by atoms with Crippen LogP contribution in [0.1, 0.15) is 34.6 Å². The van der Waals surface area contributed by atoms with Gasteiger partial charge >= 0.3 is 5.97 Å². The van der Waals surface area contributed by atoms with Crippen LogP contribution in [-0.4, -0.2) is 22.0 Å². The fourth-order valence-corrected chi connectivity index (χ4v) is 3.56. The number of carboxylic acids is 1. The SMILES string of the molecule is CC(NC(=O)c1c(Cl)cccc1Cl)c1[nH]c2ccccc2c1CC(=O)O. The number of rotatable bonds is 5. The number of carbonyl (C=O) groups excluding carboxylic acids is 1. The Morgan fingerprint density at radius 2 is 1.77 bits per heavy atom. The van der Waals surface area contributed by atoms with Gasteiger partial charge in [-0.05, 0) is 30.7 Å². The van der Waals surface area contributed by atoms with E-state index in [2.05, 4.69) is 10.3 Å². The van der Waals surface area contributed by atoms with E-state index < -0.39 is 17.9 Å². The lowest BCUT2D eigenvalue weighted by molar-refractivity contribution is -0.136. The molecule has 2 aromatic carbocycles. The zero-order chi connectivity index (χ0) is 18.8. The summed E-state index contributed by atoms with van der Waals surface area (Å²) in [5.74, 6) is -1.36. The van der Waals surface area contributed by atoms with Gasteiger partial charge in [0, 0.05) is 16.6 Å². The summed E-state index contributed by atoms with van der Waals surface area (Å²) in [5, 5.41) is 13.4. The van der Waals surface area contributed by atoms with Gasteiger partial charge in [0.05, 0.1) is 28.1 Å². The minimum atomic E-state index is -0.941. The average molecular weight is 391 g/mol. The normalized spacial score (nSPS) is 12.1. The largest absolute Gasteiger partial charge is 0.481 e. The molecule has 0 saturated carbocycles. The second-order valence-corrected chi connectivity index (χ2v) is 6.74. The van der Waals surface area contributed by atoms with E-state index in [1.165, 1.54) is 0 Å². The maximum absolute atomic E-state index is 12.6. The van der Waals surface area contributed by atoms with E-state index >= 15 is 0 Å². The molecular formula is C19H16Cl2N2O3. The molecule has 0 aliphatic heterocycles. The van der Waals surface area contributed by atoms with Gasteiger partial charge in [-0.1, -0.05) is 47.5 Å². The number of aliphatic carboxylic acids is 1. The Morgan fingerprint density at radius 1 is 1.12 bits per heavy atom. The van der Waals surface area contributed by atoms with Gasteiger partial charge in [0.1, 0.15) is 0 Å². The number of aromatic nitrogens is 1. The Labute approximate surface area is 159 Å². The number of nitrogens with one attached hydrogen (secondary N) is 2. The lowest BCUT2D eigenvalue weighted by Gasteiger charge is -2.16. The van der Waals surface area contributed by atoms with E-state index in [4.69, 9.17) is 23.2 Å². The van der Waals surface area contributed by atoms with Gasteiger partial charge in [0.25, 0.3) is 5.91 Å². The maximum Gasteiger partial charge on any atom is 0.307 e. The summed E-state index contributed by atoms with van der Waals surface area (Å²) in [4.78, 5) is 27.1. The summed E-state index contributed by atoms with van der Waals surface area (Å²) in [6, 6.07) is 11.8. The van der Waals surface area contributed by atoms with Crippen molar-refractivity contribution < 1.29 is 14.7 Å². The third kappa shape index (κ3) is 3.54. The number of halogens is 2. The molecule has 3 rings (SSSR count). The lowest BCUT2D eigenvalue weighted by atomic mass is 10.0. The number of carboxylic acid groups (broad SMARTS) is 1. The summed E-state index contributed by atoms with van der Waals surface area (Å²) in [5.41, 5.74) is 2.30. The van der Waals surface area contributed by atoms with Gasteiger partial charge in [0.15, 0.2) is 0 Å². The Hall–Kier alpha value is -2.50. The molecule has 0 spiro atoms. The zero-order valence-electron chi connectivity index (χ0n) is 13.8. The lowest BCUT2D eigenvalue weighted by Crippen LogP contribution is -2.28. The van der Waals surface area contributed by atoms with Crippen LogP contribution in [0.5, 0.6) is 0 Å². The van der Waals surface area contributed by atoms with E-state index in [1.54, 1.807) is 25.1 Å². The summed E-state index contributed by atoms with van der Waals surface area (Å²) >= 11 is 12.2. The molecule has 0 bridgehead atoms. The molecule has 3 N–H and O–H groups in total. The minimum Gasteiger partial charge on any atom is -0.481 e. The highest BCUT2D eigenvalue weighted by Crippen LogP contribution is 2.29. The Bertz CT molecular complexity index is 977. The molecule has 0 aliphatic rings. The number of benzene rings is 2. The first kappa shape index (κ1) is 18.3. The van der Waals surface area contributed by atoms with Crippen molar-refractivity contribution in [1.29, 1.82) is 0 Å². The number of para-hydroxylation sites is 1. The third-order valence-corrected chi connectivity index (χ3v) is 4.78. The Morgan fingerprint density at radius 3 is 2.42 bits per heavy atom. The van der Waals surface area contributed by atoms with Crippen LogP contribution in [-0.2, 0) is 11.2 Å². The number of hydrogen-bond donors (Lipinski definition) is 3. The molecule has 0 radical (unpaired) electrons. The fraction of sp³-hybridized carbons (Fsp3) is 0.158. The summed E-state index contributed by atoms with van der Waals surface area (Å²) in [6.45, 7) is 1.78. The van der Waals surface area contributed by atoms with Crippen molar-refractivity contribution in [3.8, 4) is 0 Å². The molecule has 1 heterocycles. The number of H-pyrrole nitrogens is 1. The van der Waals surface area contributed by atoms with Crippen molar-refractivity contribution in [2.45, 2.75) is 19.4 Å². The van der Waals surface area contributed by atoms with E-state index in [0.29, 0.717) is 11.3 Å². The molecule has 134 valence electrons. The van der Waals surface area contributed by atoms with E-state index in [1.807, 2.05) is 24.3 Å². The van der Waals surface area contributed by atoms with E-state index in [9.17, 15) is 14.7 Å². The first-order valence-electron chi connectivity index (χ1n) is 7.94. The Balaban J connectivity index is 1.96. The summed E-state index contributed by atoms with van der Waals surface area (Å²) < 4.78 is 0. The van der Waals surface area contributed by atoms with Gasteiger partial charge in [-0.25, -0.2) is 0 Å². The number of aromatic amines is 1. The highest BCUT2D eigenvalue weighted by Gasteiger charge is 2.22. The molecule has 1 atom stereocenters. The monoisotopic (exact) mass is 390 g/mol. The predicted molar refractivity (Wildman–Crippen MR) is 102 cm³/mol. The molecule has 1 unspecified atom stereocenters. The predicted octanol–water partition coefficient (Wildman–Crippen LogP) is 4.59. The highest BCUT2D eigenvalue weighted by atomic mass is 35.5. The first-order chi connectivity index (χ1) is 12.4. The standard InChI is InChI=1S/C19H16Cl2N2O3/c1-10(22-19(26)17-13(20)6-4-7-14(17)21)18-12(9-16(24)25)11-5-2-3-8-15(11)23-18/h2-8,10,23H,9H2,1H3,(H,22,26)(H,24,25). The van der Waals surface area contributed by atoms with Crippen LogP contribution in [0.4, 0.5) is 0 Å². The van der Waals surface area contributed by atoms with Crippen molar-refractivity contribution in [2.24, 2.45) is 0 Å². The van der Waals surface area contributed by atoms with Crippen molar-refractivity contribution in [3.63, 3.8) is 0 Å². The van der Waals surface area contributed by atoms with Crippen LogP contribution in [0.3, 0.4) is 0 Å². The first-order valence-corrected chi connectivity index (χ1v) is 8.70. The van der Waals surface area contributed by atoms with Crippen LogP contribution < -0.4 is 5.32 Å². The number of carbonyl (C=O) groups is 2. The van der Waals surface area contributed by atoms with Gasteiger partial charge in [-0.15, -0.1) is 0 Å². The number of amides is 1. The molecule has 7 heteroatoms. The van der Waals surface area contributed by atoms with Crippen molar-refractivity contribution >= 4 is 46.0 Å².